The van der Waals surface area contributed by atoms with Crippen LogP contribution in [-0.2, 0) is 6.54 Å². The predicted octanol–water partition coefficient (Wildman–Crippen LogP) is 2.77. The third-order valence-corrected chi connectivity index (χ3v) is 5.22. The zero-order valence-electron chi connectivity index (χ0n) is 11.2. The Morgan fingerprint density at radius 1 is 1.52 bits per heavy atom. The van der Waals surface area contributed by atoms with Crippen LogP contribution in [0.25, 0.3) is 0 Å². The van der Waals surface area contributed by atoms with E-state index in [0.29, 0.717) is 22.0 Å². The van der Waals surface area contributed by atoms with E-state index < -0.39 is 0 Å². The molecule has 0 saturated heterocycles. The van der Waals surface area contributed by atoms with Gasteiger partial charge in [0.05, 0.1) is 12.2 Å². The summed E-state index contributed by atoms with van der Waals surface area (Å²) < 4.78 is 0. The van der Waals surface area contributed by atoms with Crippen LogP contribution in [0.2, 0.25) is 0 Å². The first kappa shape index (κ1) is 13.9. The largest absolute Gasteiger partial charge is 0.396 e. The van der Waals surface area contributed by atoms with Crippen LogP contribution in [0, 0.1) is 11.3 Å². The lowest BCUT2D eigenvalue weighted by Crippen LogP contribution is -2.25. The Morgan fingerprint density at radius 2 is 2.33 bits per heavy atom. The maximum Gasteiger partial charge on any atom is 0.263 e. The minimum atomic E-state index is -0.180. The lowest BCUT2D eigenvalue weighted by Gasteiger charge is -2.01. The highest BCUT2D eigenvalue weighted by atomic mass is 32.1. The number of nitriles is 1. The van der Waals surface area contributed by atoms with E-state index in [9.17, 15) is 10.1 Å². The number of nitrogen functional groups attached to an aromatic ring is 1. The van der Waals surface area contributed by atoms with Crippen molar-refractivity contribution >= 4 is 39.3 Å². The van der Waals surface area contributed by atoms with Crippen molar-refractivity contribution in [1.82, 2.24) is 5.32 Å². The van der Waals surface area contributed by atoms with Crippen molar-refractivity contribution in [3.05, 3.63) is 32.8 Å². The molecule has 0 aliphatic heterocycles. The number of rotatable bonds is 5. The quantitative estimate of drug-likeness (QED) is 0.790. The van der Waals surface area contributed by atoms with Gasteiger partial charge in [0.2, 0.25) is 0 Å². The summed E-state index contributed by atoms with van der Waals surface area (Å²) in [6.45, 7) is 0.621. The van der Waals surface area contributed by atoms with Gasteiger partial charge in [-0.3, -0.25) is 4.79 Å². The summed E-state index contributed by atoms with van der Waals surface area (Å²) >= 11 is 2.88. The van der Waals surface area contributed by atoms with Crippen LogP contribution in [-0.4, -0.2) is 11.9 Å². The third-order valence-electron chi connectivity index (χ3n) is 3.18. The SMILES string of the molecule is N#Cc1c(NCc2cccs2)sc(C(=O)NC2CC2)c1N. The van der Waals surface area contributed by atoms with Crippen LogP contribution in [0.4, 0.5) is 10.7 Å². The second-order valence-corrected chi connectivity index (χ2v) is 6.89. The maximum absolute atomic E-state index is 12.1. The highest BCUT2D eigenvalue weighted by Crippen LogP contribution is 2.36. The molecule has 1 aliphatic rings. The van der Waals surface area contributed by atoms with Crippen molar-refractivity contribution in [3.63, 3.8) is 0 Å². The molecule has 108 valence electrons. The summed E-state index contributed by atoms with van der Waals surface area (Å²) in [7, 11) is 0. The van der Waals surface area contributed by atoms with Crippen molar-refractivity contribution in [2.24, 2.45) is 0 Å². The zero-order valence-corrected chi connectivity index (χ0v) is 12.8. The van der Waals surface area contributed by atoms with Gasteiger partial charge in [-0.1, -0.05) is 6.07 Å². The van der Waals surface area contributed by atoms with Crippen LogP contribution in [0.1, 0.15) is 33.0 Å². The monoisotopic (exact) mass is 318 g/mol. The van der Waals surface area contributed by atoms with Crippen molar-refractivity contribution in [3.8, 4) is 6.07 Å². The molecule has 0 atom stereocenters. The van der Waals surface area contributed by atoms with Gasteiger partial charge in [0, 0.05) is 10.9 Å². The summed E-state index contributed by atoms with van der Waals surface area (Å²) in [5, 5.41) is 18.0. The van der Waals surface area contributed by atoms with Gasteiger partial charge in [-0.2, -0.15) is 5.26 Å². The highest BCUT2D eigenvalue weighted by Gasteiger charge is 2.27. The molecule has 3 rings (SSSR count). The Hall–Kier alpha value is -2.04. The molecular formula is C14H14N4OS2. The predicted molar refractivity (Wildman–Crippen MR) is 85.6 cm³/mol. The molecule has 1 amide bonds. The van der Waals surface area contributed by atoms with Crippen molar-refractivity contribution in [1.29, 1.82) is 5.26 Å². The molecule has 0 bridgehead atoms. The van der Waals surface area contributed by atoms with E-state index in [1.807, 2.05) is 17.5 Å². The van der Waals surface area contributed by atoms with Gasteiger partial charge in [-0.05, 0) is 24.3 Å². The number of nitrogens with zero attached hydrogens (tertiary/aromatic N) is 1. The first-order valence-electron chi connectivity index (χ1n) is 6.58. The highest BCUT2D eigenvalue weighted by molar-refractivity contribution is 7.19. The normalized spacial score (nSPS) is 13.7. The van der Waals surface area contributed by atoms with E-state index in [1.54, 1.807) is 11.3 Å². The summed E-state index contributed by atoms with van der Waals surface area (Å²) in [4.78, 5) is 13.7. The molecule has 0 unspecified atom stereocenters. The van der Waals surface area contributed by atoms with Crippen LogP contribution in [0.15, 0.2) is 17.5 Å². The number of carbonyl (C=O) groups is 1. The van der Waals surface area contributed by atoms with E-state index in [0.717, 1.165) is 17.7 Å². The Labute approximate surface area is 130 Å². The number of hydrogen-bond acceptors (Lipinski definition) is 6. The molecule has 0 spiro atoms. The fourth-order valence-electron chi connectivity index (χ4n) is 1.91. The summed E-state index contributed by atoms with van der Waals surface area (Å²) in [5.41, 5.74) is 6.58. The fraction of sp³-hybridized carbons (Fsp3) is 0.286. The number of thiophene rings is 2. The first-order valence-corrected chi connectivity index (χ1v) is 8.28. The Balaban J connectivity index is 1.79. The smallest absolute Gasteiger partial charge is 0.263 e. The van der Waals surface area contributed by atoms with Crippen LogP contribution < -0.4 is 16.4 Å². The van der Waals surface area contributed by atoms with Crippen LogP contribution >= 0.6 is 22.7 Å². The molecule has 0 aromatic carbocycles. The minimum Gasteiger partial charge on any atom is -0.396 e. The third kappa shape index (κ3) is 3.01. The summed E-state index contributed by atoms with van der Waals surface area (Å²) in [6.07, 6.45) is 2.04. The number of anilines is 2. The van der Waals surface area contributed by atoms with Crippen molar-refractivity contribution < 1.29 is 4.79 Å². The molecule has 0 radical (unpaired) electrons. The lowest BCUT2D eigenvalue weighted by atomic mass is 10.2. The maximum atomic E-state index is 12.1. The molecule has 21 heavy (non-hydrogen) atoms. The fourth-order valence-corrected chi connectivity index (χ4v) is 3.52. The second-order valence-electron chi connectivity index (χ2n) is 4.84. The number of amides is 1. The molecule has 2 heterocycles. The Kier molecular flexibility index (Phi) is 3.82. The molecule has 5 nitrogen and oxygen atoms in total. The minimum absolute atomic E-state index is 0.180. The van der Waals surface area contributed by atoms with Gasteiger partial charge in [0.25, 0.3) is 5.91 Å². The molecule has 1 fully saturated rings. The molecule has 7 heteroatoms. The number of carbonyl (C=O) groups excluding carboxylic acids is 1. The number of hydrogen-bond donors (Lipinski definition) is 3. The molecular weight excluding hydrogens is 304 g/mol. The molecule has 2 aromatic rings. The topological polar surface area (TPSA) is 90.9 Å². The summed E-state index contributed by atoms with van der Waals surface area (Å²) in [5.74, 6) is -0.180. The average molecular weight is 318 g/mol. The van der Waals surface area contributed by atoms with Gasteiger partial charge in [0.1, 0.15) is 21.5 Å². The van der Waals surface area contributed by atoms with E-state index >= 15 is 0 Å². The molecule has 1 aliphatic carbocycles. The number of nitrogens with one attached hydrogen (secondary N) is 2. The van der Waals surface area contributed by atoms with Crippen LogP contribution in [0.3, 0.4) is 0 Å². The van der Waals surface area contributed by atoms with Crippen molar-refractivity contribution in [2.45, 2.75) is 25.4 Å². The van der Waals surface area contributed by atoms with Gasteiger partial charge < -0.3 is 16.4 Å². The molecule has 2 aromatic heterocycles. The van der Waals surface area contributed by atoms with E-state index in [1.165, 1.54) is 11.3 Å². The van der Waals surface area contributed by atoms with Crippen LogP contribution in [0.5, 0.6) is 0 Å². The summed E-state index contributed by atoms with van der Waals surface area (Å²) in [6, 6.07) is 6.35. The Morgan fingerprint density at radius 3 is 2.95 bits per heavy atom. The van der Waals surface area contributed by atoms with Gasteiger partial charge in [-0.25, -0.2) is 0 Å². The molecule has 4 N–H and O–H groups in total. The van der Waals surface area contributed by atoms with E-state index in [-0.39, 0.29) is 17.6 Å². The zero-order chi connectivity index (χ0) is 14.8. The first-order chi connectivity index (χ1) is 10.2. The standard InChI is InChI=1S/C14H14N4OS2/c15-6-10-11(16)12(13(19)18-8-3-4-8)21-14(10)17-7-9-2-1-5-20-9/h1-2,5,8,17H,3-4,7,16H2,(H,18,19). The lowest BCUT2D eigenvalue weighted by molar-refractivity contribution is 0.0956. The molecule has 1 saturated carbocycles. The van der Waals surface area contributed by atoms with Gasteiger partial charge in [0.15, 0.2) is 0 Å². The van der Waals surface area contributed by atoms with Crippen molar-refractivity contribution in [2.75, 3.05) is 11.1 Å². The average Bonchev–Trinajstić information content (AvgIpc) is 3.02. The van der Waals surface area contributed by atoms with E-state index in [4.69, 9.17) is 5.73 Å². The van der Waals surface area contributed by atoms with Gasteiger partial charge in [-0.15, -0.1) is 22.7 Å². The number of nitrogens with two attached hydrogens (primary N) is 1. The van der Waals surface area contributed by atoms with Gasteiger partial charge >= 0.3 is 0 Å². The Bertz CT molecular complexity index is 695. The second kappa shape index (κ2) is 5.76. The van der Waals surface area contributed by atoms with E-state index in [2.05, 4.69) is 16.7 Å².